The van der Waals surface area contributed by atoms with Crippen LogP contribution in [0.5, 0.6) is 0 Å². The average molecular weight is 209 g/mol. The van der Waals surface area contributed by atoms with Crippen molar-refractivity contribution in [3.63, 3.8) is 0 Å². The van der Waals surface area contributed by atoms with Crippen molar-refractivity contribution in [2.75, 3.05) is 14.1 Å². The topological polar surface area (TPSA) is 37.4 Å². The Morgan fingerprint density at radius 1 is 1.31 bits per heavy atom. The molecule has 1 rings (SSSR count). The highest BCUT2D eigenvalue weighted by Crippen LogP contribution is 2.27. The van der Waals surface area contributed by atoms with Gasteiger partial charge in [-0.2, -0.15) is 8.42 Å². The Kier molecular flexibility index (Phi) is 3.29. The van der Waals surface area contributed by atoms with Gasteiger partial charge in [0.2, 0.25) is 0 Å². The SMILES string of the molecule is CN(C)C1CCCC(S(=O)(=O)F)C1. The summed E-state index contributed by atoms with van der Waals surface area (Å²) in [5.74, 6) is 0. The molecule has 0 radical (unpaired) electrons. The van der Waals surface area contributed by atoms with Crippen LogP contribution in [0.4, 0.5) is 3.89 Å². The van der Waals surface area contributed by atoms with Crippen molar-refractivity contribution in [3.8, 4) is 0 Å². The standard InChI is InChI=1S/C8H16FNO2S/c1-10(2)7-4-3-5-8(6-7)13(9,11)12/h7-8H,3-6H2,1-2H3. The average Bonchev–Trinajstić information content (AvgIpc) is 2.03. The Labute approximate surface area is 79.1 Å². The molecule has 0 aromatic heterocycles. The van der Waals surface area contributed by atoms with Crippen LogP contribution in [0.25, 0.3) is 0 Å². The zero-order valence-electron chi connectivity index (χ0n) is 8.03. The molecule has 1 aliphatic carbocycles. The second kappa shape index (κ2) is 3.92. The monoisotopic (exact) mass is 209 g/mol. The Morgan fingerprint density at radius 3 is 2.38 bits per heavy atom. The third kappa shape index (κ3) is 2.91. The smallest absolute Gasteiger partial charge is 0.305 e. The second-order valence-corrected chi connectivity index (χ2v) is 5.50. The van der Waals surface area contributed by atoms with Crippen LogP contribution in [0, 0.1) is 0 Å². The molecule has 0 amide bonds. The predicted molar refractivity (Wildman–Crippen MR) is 49.8 cm³/mol. The van der Waals surface area contributed by atoms with Gasteiger partial charge in [-0.25, -0.2) is 0 Å². The van der Waals surface area contributed by atoms with Gasteiger partial charge in [-0.05, 0) is 33.4 Å². The molecule has 0 N–H and O–H groups in total. The van der Waals surface area contributed by atoms with Crippen molar-refractivity contribution < 1.29 is 12.3 Å². The number of hydrogen-bond donors (Lipinski definition) is 0. The third-order valence-electron chi connectivity index (χ3n) is 2.73. The lowest BCUT2D eigenvalue weighted by Gasteiger charge is -2.31. The van der Waals surface area contributed by atoms with E-state index < -0.39 is 15.5 Å². The van der Waals surface area contributed by atoms with Crippen molar-refractivity contribution in [2.45, 2.75) is 37.0 Å². The molecule has 3 nitrogen and oxygen atoms in total. The quantitative estimate of drug-likeness (QED) is 0.640. The van der Waals surface area contributed by atoms with E-state index in [1.54, 1.807) is 0 Å². The lowest BCUT2D eigenvalue weighted by atomic mass is 9.94. The summed E-state index contributed by atoms with van der Waals surface area (Å²) in [7, 11) is -0.518. The van der Waals surface area contributed by atoms with Gasteiger partial charge in [0.25, 0.3) is 0 Å². The molecule has 0 saturated heterocycles. The first-order valence-corrected chi connectivity index (χ1v) is 5.96. The van der Waals surface area contributed by atoms with Crippen molar-refractivity contribution in [3.05, 3.63) is 0 Å². The van der Waals surface area contributed by atoms with E-state index in [1.165, 1.54) is 0 Å². The number of nitrogens with zero attached hydrogens (tertiary/aromatic N) is 1. The molecule has 0 spiro atoms. The zero-order chi connectivity index (χ0) is 10.1. The molecule has 2 unspecified atom stereocenters. The van der Waals surface area contributed by atoms with Crippen LogP contribution in [0.2, 0.25) is 0 Å². The van der Waals surface area contributed by atoms with Crippen LogP contribution < -0.4 is 0 Å². The van der Waals surface area contributed by atoms with Gasteiger partial charge < -0.3 is 4.90 Å². The van der Waals surface area contributed by atoms with Crippen LogP contribution in [-0.4, -0.2) is 38.7 Å². The minimum absolute atomic E-state index is 0.212. The Morgan fingerprint density at radius 2 is 1.92 bits per heavy atom. The minimum Gasteiger partial charge on any atom is -0.306 e. The van der Waals surface area contributed by atoms with Crippen molar-refractivity contribution in [2.24, 2.45) is 0 Å². The molecule has 2 atom stereocenters. The molecule has 13 heavy (non-hydrogen) atoms. The molecule has 0 aliphatic heterocycles. The van der Waals surface area contributed by atoms with Crippen molar-refractivity contribution in [1.29, 1.82) is 0 Å². The van der Waals surface area contributed by atoms with E-state index in [4.69, 9.17) is 0 Å². The summed E-state index contributed by atoms with van der Waals surface area (Å²) >= 11 is 0. The maximum absolute atomic E-state index is 12.7. The molecule has 0 aromatic rings. The van der Waals surface area contributed by atoms with E-state index in [0.717, 1.165) is 12.8 Å². The molecule has 5 heteroatoms. The van der Waals surface area contributed by atoms with Crippen LogP contribution in [0.15, 0.2) is 0 Å². The van der Waals surface area contributed by atoms with Crippen molar-refractivity contribution >= 4 is 10.2 Å². The van der Waals surface area contributed by atoms with E-state index in [2.05, 4.69) is 0 Å². The summed E-state index contributed by atoms with van der Waals surface area (Å²) in [5.41, 5.74) is 0. The largest absolute Gasteiger partial charge is 0.306 e. The first-order valence-electron chi connectivity index (χ1n) is 4.51. The molecule has 1 fully saturated rings. The predicted octanol–water partition coefficient (Wildman–Crippen LogP) is 1.16. The maximum Gasteiger partial charge on any atom is 0.305 e. The molecule has 1 aliphatic rings. The van der Waals surface area contributed by atoms with Crippen LogP contribution in [0.1, 0.15) is 25.7 Å². The first-order chi connectivity index (χ1) is 5.91. The molecular formula is C8H16FNO2S. The lowest BCUT2D eigenvalue weighted by molar-refractivity contribution is 0.228. The number of halogens is 1. The van der Waals surface area contributed by atoms with Gasteiger partial charge in [-0.1, -0.05) is 6.42 Å². The fourth-order valence-corrected chi connectivity index (χ4v) is 2.75. The van der Waals surface area contributed by atoms with Crippen LogP contribution in [0.3, 0.4) is 0 Å². The highest BCUT2D eigenvalue weighted by atomic mass is 32.3. The molecule has 0 aromatic carbocycles. The summed E-state index contributed by atoms with van der Waals surface area (Å²) < 4.78 is 34.0. The molecule has 1 saturated carbocycles. The summed E-state index contributed by atoms with van der Waals surface area (Å²) in [4.78, 5) is 1.97. The second-order valence-electron chi connectivity index (χ2n) is 3.88. The van der Waals surface area contributed by atoms with Gasteiger partial charge in [-0.3, -0.25) is 0 Å². The van der Waals surface area contributed by atoms with Crippen LogP contribution >= 0.6 is 0 Å². The number of hydrogen-bond acceptors (Lipinski definition) is 3. The van der Waals surface area contributed by atoms with E-state index in [0.29, 0.717) is 12.8 Å². The first kappa shape index (κ1) is 10.9. The lowest BCUT2D eigenvalue weighted by Crippen LogP contribution is -2.37. The van der Waals surface area contributed by atoms with Gasteiger partial charge in [0.05, 0.1) is 5.25 Å². The highest BCUT2D eigenvalue weighted by Gasteiger charge is 2.32. The van der Waals surface area contributed by atoms with E-state index in [9.17, 15) is 12.3 Å². The number of rotatable bonds is 2. The summed E-state index contributed by atoms with van der Waals surface area (Å²) in [6, 6.07) is 0.212. The Bertz CT molecular complexity index is 263. The fourth-order valence-electron chi connectivity index (χ4n) is 1.85. The van der Waals surface area contributed by atoms with E-state index in [1.807, 2.05) is 19.0 Å². The Balaban J connectivity index is 2.62. The van der Waals surface area contributed by atoms with Gasteiger partial charge in [0, 0.05) is 6.04 Å². The van der Waals surface area contributed by atoms with Gasteiger partial charge >= 0.3 is 10.2 Å². The minimum atomic E-state index is -4.32. The van der Waals surface area contributed by atoms with Gasteiger partial charge in [0.15, 0.2) is 0 Å². The normalized spacial score (nSPS) is 30.8. The van der Waals surface area contributed by atoms with Crippen molar-refractivity contribution in [1.82, 2.24) is 4.90 Å². The molecule has 78 valence electrons. The summed E-state index contributed by atoms with van der Waals surface area (Å²) in [5, 5.41) is -0.770. The van der Waals surface area contributed by atoms with E-state index in [-0.39, 0.29) is 6.04 Å². The third-order valence-corrected chi connectivity index (χ3v) is 3.95. The maximum atomic E-state index is 12.7. The molecular weight excluding hydrogens is 193 g/mol. The highest BCUT2D eigenvalue weighted by molar-refractivity contribution is 7.87. The fraction of sp³-hybridized carbons (Fsp3) is 1.00. The summed E-state index contributed by atoms with van der Waals surface area (Å²) in [6.45, 7) is 0. The summed E-state index contributed by atoms with van der Waals surface area (Å²) in [6.07, 6.45) is 2.69. The molecule has 0 heterocycles. The van der Waals surface area contributed by atoms with Gasteiger partial charge in [0.1, 0.15) is 0 Å². The zero-order valence-corrected chi connectivity index (χ0v) is 8.85. The van der Waals surface area contributed by atoms with Crippen LogP contribution in [-0.2, 0) is 10.2 Å². The van der Waals surface area contributed by atoms with Gasteiger partial charge in [-0.15, -0.1) is 3.89 Å². The Hall–Kier alpha value is -0.160. The molecule has 0 bridgehead atoms. The van der Waals surface area contributed by atoms with E-state index >= 15 is 0 Å².